The van der Waals surface area contributed by atoms with E-state index in [1.54, 1.807) is 18.3 Å². The molecule has 3 atom stereocenters. The Morgan fingerprint density at radius 2 is 2.08 bits per heavy atom. The third-order valence-corrected chi connectivity index (χ3v) is 4.76. The van der Waals surface area contributed by atoms with Crippen molar-refractivity contribution in [1.29, 1.82) is 5.26 Å². The molecule has 3 rings (SSSR count). The molecule has 5 nitrogen and oxygen atoms in total. The van der Waals surface area contributed by atoms with Crippen molar-refractivity contribution in [2.45, 2.75) is 31.3 Å². The first kappa shape index (κ1) is 17.8. The predicted octanol–water partition coefficient (Wildman–Crippen LogP) is 2.54. The van der Waals surface area contributed by atoms with Gasteiger partial charge in [0.25, 0.3) is 0 Å². The number of nitrogens with zero attached hydrogens (tertiary/aromatic N) is 3. The van der Waals surface area contributed by atoms with Crippen LogP contribution < -0.4 is 0 Å². The van der Waals surface area contributed by atoms with Gasteiger partial charge in [-0.15, -0.1) is 0 Å². The van der Waals surface area contributed by atoms with Crippen LogP contribution >= 0.6 is 0 Å². The van der Waals surface area contributed by atoms with Crippen molar-refractivity contribution in [3.05, 3.63) is 71.6 Å². The zero-order valence-electron chi connectivity index (χ0n) is 14.6. The molecule has 0 spiro atoms. The maximum atomic E-state index is 12.7. The molecule has 2 aromatic rings. The minimum absolute atomic E-state index is 0.127. The molecular formula is C21H21N3O2. The molecule has 1 amide bonds. The van der Waals surface area contributed by atoms with Crippen molar-refractivity contribution in [2.24, 2.45) is 0 Å². The number of benzene rings is 1. The van der Waals surface area contributed by atoms with Crippen molar-refractivity contribution in [3.63, 3.8) is 0 Å². The largest absolute Gasteiger partial charge is 0.394 e. The maximum Gasteiger partial charge on any atom is 0.230 e. The number of carbonyl (C=O) groups excluding carboxylic acids is 1. The minimum atomic E-state index is -0.573. The Kier molecular flexibility index (Phi) is 5.45. The van der Waals surface area contributed by atoms with E-state index in [0.717, 1.165) is 11.1 Å². The lowest BCUT2D eigenvalue weighted by Gasteiger charge is -2.51. The molecule has 0 saturated carbocycles. The van der Waals surface area contributed by atoms with Crippen LogP contribution in [-0.2, 0) is 11.2 Å². The number of rotatable bonds is 5. The van der Waals surface area contributed by atoms with E-state index >= 15 is 0 Å². The Hall–Kier alpha value is -2.97. The second kappa shape index (κ2) is 7.94. The zero-order valence-corrected chi connectivity index (χ0v) is 14.6. The van der Waals surface area contributed by atoms with Gasteiger partial charge in [-0.2, -0.15) is 5.26 Å². The summed E-state index contributed by atoms with van der Waals surface area (Å²) in [6, 6.07) is 14.6. The van der Waals surface area contributed by atoms with Crippen LogP contribution in [0.2, 0.25) is 0 Å². The van der Waals surface area contributed by atoms with Crippen molar-refractivity contribution in [3.8, 4) is 6.07 Å². The molecule has 0 radical (unpaired) electrons. The number of amides is 1. The van der Waals surface area contributed by atoms with E-state index in [2.05, 4.69) is 11.1 Å². The number of aliphatic hydroxyl groups is 1. The standard InChI is InChI=1S/C21H21N3O2/c1-2-5-15-7-9-16(10-8-15)21-18(13-22)24(19(21)14-25)20(26)12-17-6-3-4-11-23-17/h2-11,18-19,21,25H,12,14H2,1H3/b5-2+/t18-,19-,21-/m1/s1. The highest BCUT2D eigenvalue weighted by Gasteiger charge is 2.51. The van der Waals surface area contributed by atoms with E-state index in [9.17, 15) is 15.2 Å². The lowest BCUT2D eigenvalue weighted by molar-refractivity contribution is -0.146. The summed E-state index contributed by atoms with van der Waals surface area (Å²) in [5.74, 6) is -0.367. The summed E-state index contributed by atoms with van der Waals surface area (Å²) >= 11 is 0. The van der Waals surface area contributed by atoms with Crippen LogP contribution in [-0.4, -0.2) is 39.6 Å². The summed E-state index contributed by atoms with van der Waals surface area (Å²) in [5, 5.41) is 19.4. The maximum absolute atomic E-state index is 12.7. The molecule has 1 fully saturated rings. The number of allylic oxidation sites excluding steroid dienone is 1. The van der Waals surface area contributed by atoms with E-state index in [1.807, 2.05) is 49.4 Å². The summed E-state index contributed by atoms with van der Waals surface area (Å²) < 4.78 is 0. The second-order valence-electron chi connectivity index (χ2n) is 6.32. The molecule has 26 heavy (non-hydrogen) atoms. The molecule has 1 aliphatic heterocycles. The summed E-state index contributed by atoms with van der Waals surface area (Å²) in [4.78, 5) is 18.3. The van der Waals surface area contributed by atoms with Crippen molar-refractivity contribution >= 4 is 12.0 Å². The highest BCUT2D eigenvalue weighted by atomic mass is 16.3. The van der Waals surface area contributed by atoms with Crippen LogP contribution in [0.4, 0.5) is 0 Å². The summed E-state index contributed by atoms with van der Waals surface area (Å²) in [5.41, 5.74) is 2.70. The molecule has 1 aliphatic rings. The Bertz CT molecular complexity index is 825. The fourth-order valence-corrected chi connectivity index (χ4v) is 3.52. The Morgan fingerprint density at radius 1 is 1.31 bits per heavy atom. The van der Waals surface area contributed by atoms with Crippen LogP contribution in [0, 0.1) is 11.3 Å². The highest BCUT2D eigenvalue weighted by Crippen LogP contribution is 2.40. The molecule has 0 aliphatic carbocycles. The summed E-state index contributed by atoms with van der Waals surface area (Å²) in [6.45, 7) is 1.78. The topological polar surface area (TPSA) is 77.2 Å². The van der Waals surface area contributed by atoms with Gasteiger partial charge in [-0.25, -0.2) is 0 Å². The SMILES string of the molecule is C/C=C/c1ccc([C@@H]2[C@@H](C#N)N(C(=O)Cc3ccccn3)[C@@H]2CO)cc1. The summed E-state index contributed by atoms with van der Waals surface area (Å²) in [7, 11) is 0. The van der Waals surface area contributed by atoms with Crippen molar-refractivity contribution in [1.82, 2.24) is 9.88 Å². The van der Waals surface area contributed by atoms with Crippen LogP contribution in [0.5, 0.6) is 0 Å². The smallest absolute Gasteiger partial charge is 0.230 e. The van der Waals surface area contributed by atoms with Crippen molar-refractivity contribution in [2.75, 3.05) is 6.61 Å². The molecule has 5 heteroatoms. The number of aliphatic hydroxyl groups excluding tert-OH is 1. The average Bonchev–Trinajstić information content (AvgIpc) is 2.64. The molecule has 2 heterocycles. The quantitative estimate of drug-likeness (QED) is 0.902. The third-order valence-electron chi connectivity index (χ3n) is 4.76. The fraction of sp³-hybridized carbons (Fsp3) is 0.286. The van der Waals surface area contributed by atoms with Gasteiger partial charge in [-0.3, -0.25) is 9.78 Å². The lowest BCUT2D eigenvalue weighted by Crippen LogP contribution is -2.65. The molecule has 1 saturated heterocycles. The Labute approximate surface area is 153 Å². The molecule has 0 unspecified atom stereocenters. The molecule has 1 N–H and O–H groups in total. The van der Waals surface area contributed by atoms with Gasteiger partial charge in [0.2, 0.25) is 5.91 Å². The number of carbonyl (C=O) groups is 1. The number of hydrogen-bond donors (Lipinski definition) is 1. The van der Waals surface area contributed by atoms with Crippen molar-refractivity contribution < 1.29 is 9.90 Å². The first-order chi connectivity index (χ1) is 12.7. The molecular weight excluding hydrogens is 326 g/mol. The number of aromatic nitrogens is 1. The van der Waals surface area contributed by atoms with Gasteiger partial charge in [0.05, 0.1) is 25.1 Å². The predicted molar refractivity (Wildman–Crippen MR) is 99.0 cm³/mol. The molecule has 1 aromatic heterocycles. The number of pyridine rings is 1. The molecule has 0 bridgehead atoms. The van der Waals surface area contributed by atoms with Crippen LogP contribution in [0.3, 0.4) is 0 Å². The van der Waals surface area contributed by atoms with E-state index in [4.69, 9.17) is 0 Å². The fourth-order valence-electron chi connectivity index (χ4n) is 3.52. The van der Waals surface area contributed by atoms with Crippen LogP contribution in [0.25, 0.3) is 6.08 Å². The van der Waals surface area contributed by atoms with Gasteiger partial charge < -0.3 is 10.0 Å². The van der Waals surface area contributed by atoms with Gasteiger partial charge in [0.15, 0.2) is 0 Å². The Morgan fingerprint density at radius 3 is 2.65 bits per heavy atom. The molecule has 132 valence electrons. The number of likely N-dealkylation sites (tertiary alicyclic amines) is 1. The van der Waals surface area contributed by atoms with Gasteiger partial charge in [-0.05, 0) is 30.2 Å². The zero-order chi connectivity index (χ0) is 18.5. The number of hydrogen-bond acceptors (Lipinski definition) is 4. The minimum Gasteiger partial charge on any atom is -0.394 e. The Balaban J connectivity index is 1.79. The van der Waals surface area contributed by atoms with Gasteiger partial charge >= 0.3 is 0 Å². The summed E-state index contributed by atoms with van der Waals surface area (Å²) in [6.07, 6.45) is 5.73. The van der Waals surface area contributed by atoms with E-state index in [-0.39, 0.29) is 30.9 Å². The average molecular weight is 347 g/mol. The second-order valence-corrected chi connectivity index (χ2v) is 6.32. The third kappa shape index (κ3) is 3.37. The van der Waals surface area contributed by atoms with Crippen LogP contribution in [0.15, 0.2) is 54.7 Å². The van der Waals surface area contributed by atoms with Crippen LogP contribution in [0.1, 0.15) is 29.7 Å². The monoisotopic (exact) mass is 347 g/mol. The first-order valence-electron chi connectivity index (χ1n) is 8.63. The lowest BCUT2D eigenvalue weighted by atomic mass is 9.75. The van der Waals surface area contributed by atoms with Gasteiger partial charge in [-0.1, -0.05) is 42.5 Å². The number of nitriles is 1. The van der Waals surface area contributed by atoms with E-state index in [0.29, 0.717) is 5.69 Å². The highest BCUT2D eigenvalue weighted by molar-refractivity contribution is 5.81. The molecule has 1 aromatic carbocycles. The van der Waals surface area contributed by atoms with E-state index in [1.165, 1.54) is 4.90 Å². The van der Waals surface area contributed by atoms with E-state index < -0.39 is 6.04 Å². The first-order valence-corrected chi connectivity index (χ1v) is 8.63. The van der Waals surface area contributed by atoms with Gasteiger partial charge in [0.1, 0.15) is 6.04 Å². The van der Waals surface area contributed by atoms with Gasteiger partial charge in [0, 0.05) is 17.8 Å². The normalized spacial score (nSPS) is 22.0.